The highest BCUT2D eigenvalue weighted by molar-refractivity contribution is 5.99. The predicted molar refractivity (Wildman–Crippen MR) is 73.7 cm³/mol. The van der Waals surface area contributed by atoms with E-state index in [0.29, 0.717) is 17.7 Å². The molecule has 2 aromatic rings. The van der Waals surface area contributed by atoms with Gasteiger partial charge in [0.05, 0.1) is 24.8 Å². The number of aryl methyl sites for hydroxylation is 3. The van der Waals surface area contributed by atoms with Crippen molar-refractivity contribution in [3.05, 3.63) is 46.8 Å². The summed E-state index contributed by atoms with van der Waals surface area (Å²) in [6.07, 6.45) is 0.330. The smallest absolute Gasteiger partial charge is 0.172 e. The molecule has 100 valence electrons. The average molecular weight is 258 g/mol. The number of methoxy groups -OCH3 is 1. The van der Waals surface area contributed by atoms with Gasteiger partial charge in [0.1, 0.15) is 5.75 Å². The van der Waals surface area contributed by atoms with Crippen molar-refractivity contribution in [2.45, 2.75) is 20.3 Å². The number of rotatable bonds is 4. The molecule has 0 bridgehead atoms. The molecule has 0 radical (unpaired) electrons. The van der Waals surface area contributed by atoms with Gasteiger partial charge in [0.25, 0.3) is 0 Å². The van der Waals surface area contributed by atoms with Crippen molar-refractivity contribution < 1.29 is 9.53 Å². The Kier molecular flexibility index (Phi) is 3.69. The molecule has 4 nitrogen and oxygen atoms in total. The van der Waals surface area contributed by atoms with Crippen LogP contribution in [0, 0.1) is 13.8 Å². The Labute approximate surface area is 113 Å². The molecule has 1 heterocycles. The second kappa shape index (κ2) is 5.26. The third-order valence-electron chi connectivity index (χ3n) is 3.10. The summed E-state index contributed by atoms with van der Waals surface area (Å²) < 4.78 is 7.02. The molecule has 0 aliphatic rings. The average Bonchev–Trinajstić information content (AvgIpc) is 2.67. The number of carbonyl (C=O) groups is 1. The van der Waals surface area contributed by atoms with Gasteiger partial charge in [0.2, 0.25) is 0 Å². The molecular weight excluding hydrogens is 240 g/mol. The molecule has 0 aliphatic heterocycles. The maximum Gasteiger partial charge on any atom is 0.172 e. The number of carbonyl (C=O) groups excluding carboxylic acids is 1. The minimum Gasteiger partial charge on any atom is -0.496 e. The molecule has 4 heteroatoms. The van der Waals surface area contributed by atoms with Crippen LogP contribution in [-0.4, -0.2) is 22.7 Å². The quantitative estimate of drug-likeness (QED) is 0.791. The first-order chi connectivity index (χ1) is 9.01. The number of hydrogen-bond acceptors (Lipinski definition) is 3. The first kappa shape index (κ1) is 13.3. The van der Waals surface area contributed by atoms with E-state index in [1.54, 1.807) is 11.8 Å². The van der Waals surface area contributed by atoms with Gasteiger partial charge in [0, 0.05) is 12.7 Å². The summed E-state index contributed by atoms with van der Waals surface area (Å²) in [5.41, 5.74) is 3.52. The maximum absolute atomic E-state index is 12.3. The number of Topliss-reactive ketones (excluding diaryl/α,β-unsaturated/α-hetero) is 1. The first-order valence-electron chi connectivity index (χ1n) is 6.18. The Morgan fingerprint density at radius 3 is 2.63 bits per heavy atom. The highest BCUT2D eigenvalue weighted by Gasteiger charge is 2.15. The lowest BCUT2D eigenvalue weighted by molar-refractivity contribution is 0.0988. The summed E-state index contributed by atoms with van der Waals surface area (Å²) in [7, 11) is 3.43. The predicted octanol–water partition coefficient (Wildman–Crippen LogP) is 2.47. The SMILES string of the molecule is COc1cc(C)ccc1C(=O)Cc1cc(C)nn1C. The van der Waals surface area contributed by atoms with Crippen molar-refractivity contribution >= 4 is 5.78 Å². The fraction of sp³-hybridized carbons (Fsp3) is 0.333. The summed E-state index contributed by atoms with van der Waals surface area (Å²) in [6.45, 7) is 3.89. The van der Waals surface area contributed by atoms with Gasteiger partial charge in [-0.1, -0.05) is 6.07 Å². The molecule has 0 saturated carbocycles. The van der Waals surface area contributed by atoms with Crippen LogP contribution in [0.4, 0.5) is 0 Å². The largest absolute Gasteiger partial charge is 0.496 e. The normalized spacial score (nSPS) is 10.5. The minimum absolute atomic E-state index is 0.0415. The second-order valence-corrected chi connectivity index (χ2v) is 4.70. The van der Waals surface area contributed by atoms with Crippen molar-refractivity contribution in [2.75, 3.05) is 7.11 Å². The summed E-state index contributed by atoms with van der Waals surface area (Å²) in [6, 6.07) is 7.55. The lowest BCUT2D eigenvalue weighted by Gasteiger charge is -2.08. The van der Waals surface area contributed by atoms with Crippen LogP contribution in [0.1, 0.15) is 27.3 Å². The Morgan fingerprint density at radius 2 is 2.05 bits per heavy atom. The number of aromatic nitrogens is 2. The Hall–Kier alpha value is -2.10. The van der Waals surface area contributed by atoms with Crippen molar-refractivity contribution in [1.29, 1.82) is 0 Å². The Balaban J connectivity index is 2.27. The van der Waals surface area contributed by atoms with Gasteiger partial charge in [-0.2, -0.15) is 5.10 Å². The van der Waals surface area contributed by atoms with Crippen LogP contribution in [0.15, 0.2) is 24.3 Å². The Bertz CT molecular complexity index is 615. The van der Waals surface area contributed by atoms with Crippen LogP contribution in [0.5, 0.6) is 5.75 Å². The summed E-state index contributed by atoms with van der Waals surface area (Å²) in [5.74, 6) is 0.670. The molecule has 2 rings (SSSR count). The van der Waals surface area contributed by atoms with E-state index in [9.17, 15) is 4.79 Å². The van der Waals surface area contributed by atoms with E-state index in [-0.39, 0.29) is 5.78 Å². The Morgan fingerprint density at radius 1 is 1.32 bits per heavy atom. The van der Waals surface area contributed by atoms with Crippen LogP contribution < -0.4 is 4.74 Å². The molecular formula is C15H18N2O2. The highest BCUT2D eigenvalue weighted by atomic mass is 16.5. The van der Waals surface area contributed by atoms with Crippen molar-refractivity contribution in [1.82, 2.24) is 9.78 Å². The van der Waals surface area contributed by atoms with Crippen LogP contribution in [0.3, 0.4) is 0 Å². The number of nitrogens with zero attached hydrogens (tertiary/aromatic N) is 2. The summed E-state index contributed by atoms with van der Waals surface area (Å²) in [4.78, 5) is 12.3. The van der Waals surface area contributed by atoms with Gasteiger partial charge in [-0.05, 0) is 37.6 Å². The van der Waals surface area contributed by atoms with Crippen LogP contribution in [-0.2, 0) is 13.5 Å². The first-order valence-corrected chi connectivity index (χ1v) is 6.18. The number of hydrogen-bond donors (Lipinski definition) is 0. The highest BCUT2D eigenvalue weighted by Crippen LogP contribution is 2.21. The molecule has 19 heavy (non-hydrogen) atoms. The molecule has 0 amide bonds. The molecule has 0 spiro atoms. The van der Waals surface area contributed by atoms with E-state index in [4.69, 9.17) is 4.74 Å². The maximum atomic E-state index is 12.3. The molecule has 1 aromatic heterocycles. The van der Waals surface area contributed by atoms with Crippen molar-refractivity contribution in [2.24, 2.45) is 7.05 Å². The molecule has 0 N–H and O–H groups in total. The van der Waals surface area contributed by atoms with E-state index in [0.717, 1.165) is 17.0 Å². The monoisotopic (exact) mass is 258 g/mol. The standard InChI is InChI=1S/C15H18N2O2/c1-10-5-6-13(15(7-10)19-4)14(18)9-12-8-11(2)16-17(12)3/h5-8H,9H2,1-4H3. The van der Waals surface area contributed by atoms with Crippen LogP contribution >= 0.6 is 0 Å². The van der Waals surface area contributed by atoms with Gasteiger partial charge >= 0.3 is 0 Å². The van der Waals surface area contributed by atoms with Crippen LogP contribution in [0.2, 0.25) is 0 Å². The fourth-order valence-electron chi connectivity index (χ4n) is 2.12. The lowest BCUT2D eigenvalue weighted by atomic mass is 10.0. The van der Waals surface area contributed by atoms with E-state index in [2.05, 4.69) is 5.10 Å². The van der Waals surface area contributed by atoms with E-state index >= 15 is 0 Å². The van der Waals surface area contributed by atoms with E-state index in [1.165, 1.54) is 0 Å². The zero-order valence-corrected chi connectivity index (χ0v) is 11.7. The fourth-order valence-corrected chi connectivity index (χ4v) is 2.12. The minimum atomic E-state index is 0.0415. The third-order valence-corrected chi connectivity index (χ3v) is 3.10. The molecule has 0 aliphatic carbocycles. The van der Waals surface area contributed by atoms with Gasteiger partial charge in [-0.25, -0.2) is 0 Å². The number of ketones is 1. The molecule has 0 fully saturated rings. The van der Waals surface area contributed by atoms with Crippen LogP contribution in [0.25, 0.3) is 0 Å². The third kappa shape index (κ3) is 2.84. The van der Waals surface area contributed by atoms with Crippen molar-refractivity contribution in [3.63, 3.8) is 0 Å². The lowest BCUT2D eigenvalue weighted by Crippen LogP contribution is -2.09. The topological polar surface area (TPSA) is 44.1 Å². The molecule has 1 aromatic carbocycles. The van der Waals surface area contributed by atoms with Gasteiger partial charge < -0.3 is 4.74 Å². The van der Waals surface area contributed by atoms with Gasteiger partial charge in [0.15, 0.2) is 5.78 Å². The van der Waals surface area contributed by atoms with Gasteiger partial charge in [-0.15, -0.1) is 0 Å². The summed E-state index contributed by atoms with van der Waals surface area (Å²) >= 11 is 0. The zero-order chi connectivity index (χ0) is 14.0. The zero-order valence-electron chi connectivity index (χ0n) is 11.7. The number of benzene rings is 1. The molecule has 0 unspecified atom stereocenters. The molecule has 0 saturated heterocycles. The summed E-state index contributed by atoms with van der Waals surface area (Å²) in [5, 5.41) is 4.25. The number of ether oxygens (including phenoxy) is 1. The van der Waals surface area contributed by atoms with Gasteiger partial charge in [-0.3, -0.25) is 9.48 Å². The molecule has 0 atom stereocenters. The van der Waals surface area contributed by atoms with Crippen molar-refractivity contribution in [3.8, 4) is 5.75 Å². The van der Waals surface area contributed by atoms with E-state index in [1.807, 2.05) is 45.2 Å². The van der Waals surface area contributed by atoms with E-state index < -0.39 is 0 Å². The second-order valence-electron chi connectivity index (χ2n) is 4.70.